The number of para-hydroxylation sites is 1. The lowest BCUT2D eigenvalue weighted by Gasteiger charge is -2.12. The first kappa shape index (κ1) is 20.7. The molecule has 1 saturated heterocycles. The van der Waals surface area contributed by atoms with Gasteiger partial charge in [-0.2, -0.15) is 0 Å². The number of amides is 2. The molecule has 1 aromatic heterocycles. The second kappa shape index (κ2) is 9.08. The quantitative estimate of drug-likeness (QED) is 0.713. The summed E-state index contributed by atoms with van der Waals surface area (Å²) in [6.45, 7) is 5.46. The molecule has 1 aromatic carbocycles. The van der Waals surface area contributed by atoms with Crippen LogP contribution < -0.4 is 5.32 Å². The molecule has 0 bridgehead atoms. The molecule has 7 heteroatoms. The van der Waals surface area contributed by atoms with Crippen LogP contribution in [0.3, 0.4) is 0 Å². The summed E-state index contributed by atoms with van der Waals surface area (Å²) in [5.41, 5.74) is 1.94. The van der Waals surface area contributed by atoms with E-state index in [2.05, 4.69) is 10.3 Å². The normalized spacial score (nSPS) is 20.2. The van der Waals surface area contributed by atoms with Gasteiger partial charge in [-0.1, -0.05) is 31.0 Å². The van der Waals surface area contributed by atoms with E-state index in [1.54, 1.807) is 4.90 Å². The van der Waals surface area contributed by atoms with Crippen molar-refractivity contribution in [2.45, 2.75) is 52.1 Å². The first-order valence-corrected chi connectivity index (χ1v) is 11.6. The Hall–Kier alpha value is -2.54. The van der Waals surface area contributed by atoms with Gasteiger partial charge in [0.05, 0.1) is 4.91 Å². The SMILES string of the molecule is CCN=C1S/C(=C\c2cn(CC(=O)NC3CCCC3)c3ccccc23)C(=O)N1CC. The molecule has 1 N–H and O–H groups in total. The molecule has 2 heterocycles. The first-order chi connectivity index (χ1) is 14.6. The fourth-order valence-corrected chi connectivity index (χ4v) is 5.30. The van der Waals surface area contributed by atoms with Crippen LogP contribution in [0.25, 0.3) is 17.0 Å². The Kier molecular flexibility index (Phi) is 6.27. The zero-order chi connectivity index (χ0) is 21.1. The Morgan fingerprint density at radius 3 is 2.77 bits per heavy atom. The van der Waals surface area contributed by atoms with Gasteiger partial charge in [0.25, 0.3) is 5.91 Å². The molecular weight excluding hydrogens is 396 g/mol. The Bertz CT molecular complexity index is 1020. The maximum atomic E-state index is 12.8. The van der Waals surface area contributed by atoms with E-state index in [4.69, 9.17) is 0 Å². The topological polar surface area (TPSA) is 66.7 Å². The molecule has 1 aliphatic carbocycles. The van der Waals surface area contributed by atoms with Gasteiger partial charge in [0, 0.05) is 41.8 Å². The molecule has 6 nitrogen and oxygen atoms in total. The van der Waals surface area contributed by atoms with Gasteiger partial charge >= 0.3 is 0 Å². The highest BCUT2D eigenvalue weighted by atomic mass is 32.2. The number of fused-ring (bicyclic) bond motifs is 1. The lowest BCUT2D eigenvalue weighted by atomic mass is 10.1. The molecular formula is C23H28N4O2S. The Labute approximate surface area is 181 Å². The summed E-state index contributed by atoms with van der Waals surface area (Å²) in [6.07, 6.45) is 8.44. The largest absolute Gasteiger partial charge is 0.352 e. The van der Waals surface area contributed by atoms with Gasteiger partial charge in [0.15, 0.2) is 5.17 Å². The number of amidine groups is 1. The number of carbonyl (C=O) groups is 2. The van der Waals surface area contributed by atoms with Crippen LogP contribution in [-0.2, 0) is 16.1 Å². The van der Waals surface area contributed by atoms with E-state index in [1.165, 1.54) is 24.6 Å². The van der Waals surface area contributed by atoms with E-state index < -0.39 is 0 Å². The van der Waals surface area contributed by atoms with Crippen LogP contribution in [0.5, 0.6) is 0 Å². The fourth-order valence-electron chi connectivity index (χ4n) is 4.20. The molecule has 0 atom stereocenters. The van der Waals surface area contributed by atoms with Gasteiger partial charge in [-0.05, 0) is 50.6 Å². The maximum absolute atomic E-state index is 12.8. The van der Waals surface area contributed by atoms with E-state index in [0.717, 1.165) is 34.5 Å². The second-order valence-corrected chi connectivity index (χ2v) is 8.70. The van der Waals surface area contributed by atoms with Crippen molar-refractivity contribution in [2.24, 2.45) is 4.99 Å². The number of rotatable bonds is 6. The predicted octanol–water partition coefficient (Wildman–Crippen LogP) is 4.01. The summed E-state index contributed by atoms with van der Waals surface area (Å²) in [5.74, 6) is 0.0354. The van der Waals surface area contributed by atoms with Gasteiger partial charge in [0.1, 0.15) is 6.54 Å². The van der Waals surface area contributed by atoms with Crippen molar-refractivity contribution < 1.29 is 9.59 Å². The summed E-state index contributed by atoms with van der Waals surface area (Å²) in [6, 6.07) is 8.33. The van der Waals surface area contributed by atoms with Gasteiger partial charge < -0.3 is 9.88 Å². The van der Waals surface area contributed by atoms with E-state index in [0.29, 0.717) is 24.0 Å². The minimum Gasteiger partial charge on any atom is -0.352 e. The molecule has 1 saturated carbocycles. The summed E-state index contributed by atoms with van der Waals surface area (Å²) in [5, 5.41) is 4.96. The molecule has 2 amide bonds. The molecule has 2 aliphatic rings. The monoisotopic (exact) mass is 424 g/mol. The van der Waals surface area contributed by atoms with Crippen molar-refractivity contribution >= 4 is 45.7 Å². The number of aliphatic imine (C=N–C) groups is 1. The summed E-state index contributed by atoms with van der Waals surface area (Å²) in [4.78, 5) is 32.3. The van der Waals surface area contributed by atoms with Gasteiger partial charge in [0.2, 0.25) is 5.91 Å². The summed E-state index contributed by atoms with van der Waals surface area (Å²) in [7, 11) is 0. The van der Waals surface area contributed by atoms with Gasteiger partial charge in [-0.15, -0.1) is 0 Å². The van der Waals surface area contributed by atoms with Crippen molar-refractivity contribution in [1.82, 2.24) is 14.8 Å². The van der Waals surface area contributed by atoms with E-state index in [1.807, 2.05) is 55.0 Å². The third kappa shape index (κ3) is 4.17. The lowest BCUT2D eigenvalue weighted by molar-refractivity contribution is -0.123. The summed E-state index contributed by atoms with van der Waals surface area (Å²) >= 11 is 1.42. The molecule has 2 aromatic rings. The van der Waals surface area contributed by atoms with Crippen LogP contribution in [0.2, 0.25) is 0 Å². The van der Waals surface area contributed by atoms with E-state index in [9.17, 15) is 9.59 Å². The number of nitrogens with zero attached hydrogens (tertiary/aromatic N) is 3. The molecule has 4 rings (SSSR count). The number of aromatic nitrogens is 1. The molecule has 2 fully saturated rings. The number of nitrogens with one attached hydrogen (secondary N) is 1. The third-order valence-electron chi connectivity index (χ3n) is 5.64. The number of hydrogen-bond acceptors (Lipinski definition) is 4. The average Bonchev–Trinajstić information content (AvgIpc) is 3.43. The third-order valence-corrected chi connectivity index (χ3v) is 6.68. The van der Waals surface area contributed by atoms with Crippen molar-refractivity contribution in [2.75, 3.05) is 13.1 Å². The zero-order valence-corrected chi connectivity index (χ0v) is 18.4. The minimum absolute atomic E-state index is 0.00879. The standard InChI is InChI=1S/C23H28N4O2S/c1-3-24-23-27(4-2)22(29)20(30-23)13-16-14-26(19-12-8-7-11-18(16)19)15-21(28)25-17-9-5-6-10-17/h7-8,11-14,17H,3-6,9-10,15H2,1-2H3,(H,25,28)/b20-13-,24-23?. The van der Waals surface area contributed by atoms with Crippen LogP contribution in [0.4, 0.5) is 0 Å². The van der Waals surface area contributed by atoms with Crippen LogP contribution >= 0.6 is 11.8 Å². The van der Waals surface area contributed by atoms with Crippen molar-refractivity contribution in [3.63, 3.8) is 0 Å². The van der Waals surface area contributed by atoms with Crippen molar-refractivity contribution in [1.29, 1.82) is 0 Å². The lowest BCUT2D eigenvalue weighted by Crippen LogP contribution is -2.35. The van der Waals surface area contributed by atoms with Gasteiger partial charge in [-0.3, -0.25) is 19.5 Å². The molecule has 30 heavy (non-hydrogen) atoms. The average molecular weight is 425 g/mol. The number of hydrogen-bond donors (Lipinski definition) is 1. The maximum Gasteiger partial charge on any atom is 0.266 e. The Morgan fingerprint density at radius 2 is 2.03 bits per heavy atom. The smallest absolute Gasteiger partial charge is 0.266 e. The minimum atomic E-state index is -0.00879. The number of carbonyl (C=O) groups excluding carboxylic acids is 2. The van der Waals surface area contributed by atoms with Crippen LogP contribution in [0.1, 0.15) is 45.1 Å². The molecule has 1 aliphatic heterocycles. The van der Waals surface area contributed by atoms with E-state index >= 15 is 0 Å². The summed E-state index contributed by atoms with van der Waals surface area (Å²) < 4.78 is 1.98. The number of benzene rings is 1. The number of likely N-dealkylation sites (N-methyl/N-ethyl adjacent to an activating group) is 1. The highest BCUT2D eigenvalue weighted by Crippen LogP contribution is 2.34. The molecule has 0 radical (unpaired) electrons. The Morgan fingerprint density at radius 1 is 1.27 bits per heavy atom. The predicted molar refractivity (Wildman–Crippen MR) is 123 cm³/mol. The molecule has 158 valence electrons. The molecule has 0 unspecified atom stereocenters. The second-order valence-electron chi connectivity index (χ2n) is 7.70. The molecule has 0 spiro atoms. The van der Waals surface area contributed by atoms with Crippen molar-refractivity contribution in [3.8, 4) is 0 Å². The Balaban J connectivity index is 1.62. The van der Waals surface area contributed by atoms with Crippen LogP contribution in [-0.4, -0.2) is 45.6 Å². The van der Waals surface area contributed by atoms with E-state index in [-0.39, 0.29) is 18.4 Å². The van der Waals surface area contributed by atoms with Crippen LogP contribution in [0, 0.1) is 0 Å². The van der Waals surface area contributed by atoms with Crippen molar-refractivity contribution in [3.05, 3.63) is 40.9 Å². The number of thioether (sulfide) groups is 1. The highest BCUT2D eigenvalue weighted by Gasteiger charge is 2.32. The highest BCUT2D eigenvalue weighted by molar-refractivity contribution is 8.18. The zero-order valence-electron chi connectivity index (χ0n) is 17.6. The van der Waals surface area contributed by atoms with Gasteiger partial charge in [-0.25, -0.2) is 0 Å². The fraction of sp³-hybridized carbons (Fsp3) is 0.435. The van der Waals surface area contributed by atoms with Crippen LogP contribution in [0.15, 0.2) is 40.4 Å². The first-order valence-electron chi connectivity index (χ1n) is 10.7.